The first-order chi connectivity index (χ1) is 9.66. The first-order valence-electron chi connectivity index (χ1n) is 7.00. The van der Waals surface area contributed by atoms with Crippen LogP contribution in [0.2, 0.25) is 0 Å². The van der Waals surface area contributed by atoms with Gasteiger partial charge in [-0.1, -0.05) is 0 Å². The number of rotatable bonds is 0. The molecule has 0 saturated carbocycles. The second kappa shape index (κ2) is 5.28. The molecular weight excluding hydrogens is 262 g/mol. The summed E-state index contributed by atoms with van der Waals surface area (Å²) in [6, 6.07) is -0.0773. The quantitative estimate of drug-likeness (QED) is 0.487. The fourth-order valence-electron chi connectivity index (χ4n) is 2.93. The van der Waals surface area contributed by atoms with Crippen LogP contribution in [0.3, 0.4) is 0 Å². The van der Waals surface area contributed by atoms with Gasteiger partial charge in [0.15, 0.2) is 0 Å². The van der Waals surface area contributed by atoms with Gasteiger partial charge in [0.2, 0.25) is 0 Å². The summed E-state index contributed by atoms with van der Waals surface area (Å²) < 4.78 is 0. The number of amides is 4. The Kier molecular flexibility index (Phi) is 3.47. The maximum absolute atomic E-state index is 12.3. The molecule has 3 saturated heterocycles. The first kappa shape index (κ1) is 13.2. The molecule has 4 amide bonds. The summed E-state index contributed by atoms with van der Waals surface area (Å²) in [4.78, 5) is 40.8. The molecule has 0 bridgehead atoms. The normalized spacial score (nSPS) is 26.3. The number of hydrogen-bond donors (Lipinski definition) is 2. The summed E-state index contributed by atoms with van der Waals surface area (Å²) in [5.74, 6) is -0.858. The number of nitrogens with one attached hydrogen (secondary N) is 2. The van der Waals surface area contributed by atoms with Gasteiger partial charge in [0.1, 0.15) is 0 Å². The van der Waals surface area contributed by atoms with E-state index < -0.39 is 11.8 Å². The van der Waals surface area contributed by atoms with Crippen molar-refractivity contribution in [1.82, 2.24) is 25.3 Å². The van der Waals surface area contributed by atoms with E-state index in [2.05, 4.69) is 10.6 Å². The molecule has 0 radical (unpaired) electrons. The molecule has 3 fully saturated rings. The number of urea groups is 1. The lowest BCUT2D eigenvalue weighted by Gasteiger charge is -2.37. The third-order valence-electron chi connectivity index (χ3n) is 4.11. The van der Waals surface area contributed by atoms with Gasteiger partial charge in [0.05, 0.1) is 6.04 Å². The monoisotopic (exact) mass is 281 g/mol. The lowest BCUT2D eigenvalue weighted by molar-refractivity contribution is -0.153. The molecule has 0 aromatic rings. The summed E-state index contributed by atoms with van der Waals surface area (Å²) in [7, 11) is 0. The summed E-state index contributed by atoms with van der Waals surface area (Å²) in [6.07, 6.45) is 0. The Morgan fingerprint density at radius 3 is 2.45 bits per heavy atom. The van der Waals surface area contributed by atoms with Crippen molar-refractivity contribution in [2.24, 2.45) is 0 Å². The molecule has 0 aliphatic carbocycles. The second-order valence-electron chi connectivity index (χ2n) is 5.33. The molecule has 3 aliphatic heterocycles. The fraction of sp³-hybridized carbons (Fsp3) is 0.750. The lowest BCUT2D eigenvalue weighted by atomic mass is 10.2. The van der Waals surface area contributed by atoms with Crippen LogP contribution < -0.4 is 10.6 Å². The molecular formula is C12H19N5O3. The van der Waals surface area contributed by atoms with Gasteiger partial charge in [-0.15, -0.1) is 0 Å². The van der Waals surface area contributed by atoms with Gasteiger partial charge >= 0.3 is 17.8 Å². The maximum Gasteiger partial charge on any atom is 0.317 e. The Hall–Kier alpha value is -1.83. The average Bonchev–Trinajstić information content (AvgIpc) is 2.87. The molecule has 8 nitrogen and oxygen atoms in total. The fourth-order valence-corrected chi connectivity index (χ4v) is 2.93. The van der Waals surface area contributed by atoms with Crippen LogP contribution in [0, 0.1) is 0 Å². The van der Waals surface area contributed by atoms with E-state index in [0.717, 1.165) is 13.1 Å². The number of nitrogens with zero attached hydrogens (tertiary/aromatic N) is 3. The molecule has 3 rings (SSSR count). The zero-order valence-electron chi connectivity index (χ0n) is 11.3. The smallest absolute Gasteiger partial charge is 0.317 e. The maximum atomic E-state index is 12.3. The molecule has 1 atom stereocenters. The summed E-state index contributed by atoms with van der Waals surface area (Å²) >= 11 is 0. The van der Waals surface area contributed by atoms with Gasteiger partial charge in [0, 0.05) is 52.4 Å². The predicted molar refractivity (Wildman–Crippen MR) is 69.9 cm³/mol. The van der Waals surface area contributed by atoms with Gasteiger partial charge in [-0.25, -0.2) is 4.79 Å². The molecule has 1 unspecified atom stereocenters. The van der Waals surface area contributed by atoms with E-state index in [1.165, 1.54) is 0 Å². The van der Waals surface area contributed by atoms with Crippen molar-refractivity contribution in [1.29, 1.82) is 0 Å². The van der Waals surface area contributed by atoms with Crippen LogP contribution in [0.4, 0.5) is 4.79 Å². The van der Waals surface area contributed by atoms with E-state index in [-0.39, 0.29) is 12.1 Å². The Morgan fingerprint density at radius 2 is 1.70 bits per heavy atom. The van der Waals surface area contributed by atoms with Crippen molar-refractivity contribution in [3.63, 3.8) is 0 Å². The zero-order valence-corrected chi connectivity index (χ0v) is 11.3. The van der Waals surface area contributed by atoms with Crippen LogP contribution >= 0.6 is 0 Å². The van der Waals surface area contributed by atoms with Gasteiger partial charge in [-0.2, -0.15) is 0 Å². The van der Waals surface area contributed by atoms with Crippen molar-refractivity contribution >= 4 is 17.8 Å². The van der Waals surface area contributed by atoms with Crippen molar-refractivity contribution in [2.75, 3.05) is 52.4 Å². The zero-order chi connectivity index (χ0) is 14.1. The van der Waals surface area contributed by atoms with E-state index in [1.807, 2.05) is 0 Å². The average molecular weight is 281 g/mol. The topological polar surface area (TPSA) is 85.0 Å². The molecule has 0 aromatic heterocycles. The standard InChI is InChI=1S/C12H19N5O3/c18-10(15-3-1-13-2-4-15)11(19)16-5-6-17-9(8-16)7-14-12(17)20/h9,13H,1-8H2,(H,14,20). The SMILES string of the molecule is O=C(C(=O)N1CCN2C(=O)NCC2C1)N1CCNCC1. The van der Waals surface area contributed by atoms with Gasteiger partial charge in [0.25, 0.3) is 0 Å². The number of fused-ring (bicyclic) bond motifs is 1. The van der Waals surface area contributed by atoms with Crippen LogP contribution in [0.1, 0.15) is 0 Å². The number of carbonyl (C=O) groups is 3. The Morgan fingerprint density at radius 1 is 1.00 bits per heavy atom. The van der Waals surface area contributed by atoms with Crippen LogP contribution in [-0.4, -0.2) is 90.9 Å². The summed E-state index contributed by atoms with van der Waals surface area (Å²) in [5, 5.41) is 5.91. The minimum Gasteiger partial charge on any atom is -0.336 e. The van der Waals surface area contributed by atoms with Crippen LogP contribution in [0.5, 0.6) is 0 Å². The van der Waals surface area contributed by atoms with Crippen LogP contribution in [-0.2, 0) is 9.59 Å². The number of carbonyl (C=O) groups excluding carboxylic acids is 3. The Labute approximate surface area is 117 Å². The van der Waals surface area contributed by atoms with E-state index in [0.29, 0.717) is 39.3 Å². The van der Waals surface area contributed by atoms with Crippen molar-refractivity contribution in [2.45, 2.75) is 6.04 Å². The highest BCUT2D eigenvalue weighted by Gasteiger charge is 2.39. The molecule has 3 heterocycles. The van der Waals surface area contributed by atoms with Crippen molar-refractivity contribution < 1.29 is 14.4 Å². The predicted octanol–water partition coefficient (Wildman–Crippen LogP) is -2.35. The molecule has 20 heavy (non-hydrogen) atoms. The highest BCUT2D eigenvalue weighted by Crippen LogP contribution is 2.14. The minimum absolute atomic E-state index is 0.00368. The summed E-state index contributed by atoms with van der Waals surface area (Å²) in [5.41, 5.74) is 0. The van der Waals surface area contributed by atoms with Crippen molar-refractivity contribution in [3.05, 3.63) is 0 Å². The molecule has 0 aromatic carbocycles. The van der Waals surface area contributed by atoms with E-state index in [1.54, 1.807) is 14.7 Å². The molecule has 110 valence electrons. The number of hydrogen-bond acceptors (Lipinski definition) is 4. The first-order valence-corrected chi connectivity index (χ1v) is 7.00. The Bertz CT molecular complexity index is 435. The highest BCUT2D eigenvalue weighted by atomic mass is 16.2. The number of piperazine rings is 2. The highest BCUT2D eigenvalue weighted by molar-refractivity contribution is 6.35. The molecule has 0 spiro atoms. The Balaban J connectivity index is 1.60. The molecule has 3 aliphatic rings. The lowest BCUT2D eigenvalue weighted by Crippen LogP contribution is -2.58. The summed E-state index contributed by atoms with van der Waals surface area (Å²) in [6.45, 7) is 4.53. The van der Waals surface area contributed by atoms with Crippen molar-refractivity contribution in [3.8, 4) is 0 Å². The third-order valence-corrected chi connectivity index (χ3v) is 4.11. The van der Waals surface area contributed by atoms with E-state index >= 15 is 0 Å². The largest absolute Gasteiger partial charge is 0.336 e. The second-order valence-corrected chi connectivity index (χ2v) is 5.33. The van der Waals surface area contributed by atoms with Gasteiger partial charge < -0.3 is 25.3 Å². The third kappa shape index (κ3) is 2.31. The van der Waals surface area contributed by atoms with E-state index in [4.69, 9.17) is 0 Å². The van der Waals surface area contributed by atoms with Crippen LogP contribution in [0.15, 0.2) is 0 Å². The van der Waals surface area contributed by atoms with E-state index in [9.17, 15) is 14.4 Å². The molecule has 2 N–H and O–H groups in total. The minimum atomic E-state index is -0.439. The van der Waals surface area contributed by atoms with Gasteiger partial charge in [-0.05, 0) is 0 Å². The van der Waals surface area contributed by atoms with Gasteiger partial charge in [-0.3, -0.25) is 9.59 Å². The molecule has 8 heteroatoms. The van der Waals surface area contributed by atoms with Crippen LogP contribution in [0.25, 0.3) is 0 Å².